The van der Waals surface area contributed by atoms with E-state index in [2.05, 4.69) is 51.2 Å². The van der Waals surface area contributed by atoms with Gasteiger partial charge in [-0.3, -0.25) is 12.2 Å². The summed E-state index contributed by atoms with van der Waals surface area (Å²) < 4.78 is 0. The Morgan fingerprint density at radius 3 is 1.28 bits per heavy atom. The van der Waals surface area contributed by atoms with Crippen molar-refractivity contribution in [2.75, 3.05) is 0 Å². The topological polar surface area (TPSA) is 0 Å². The first-order valence-electron chi connectivity index (χ1n) is 5.51. The minimum Gasteiger partial charge on any atom is -1.00 e. The van der Waals surface area contributed by atoms with Crippen molar-refractivity contribution in [3.8, 4) is 0 Å². The van der Waals surface area contributed by atoms with E-state index in [1.807, 2.05) is 12.2 Å². The van der Waals surface area contributed by atoms with Gasteiger partial charge in [0.1, 0.15) is 0 Å². The SMILES string of the molecule is CC1=CC[C-]=C1.CC1=CC[C-]=C1.C[Si](C)=[Zr+2].[Cl-].[Cl-]. The maximum Gasteiger partial charge on any atom is -1.00 e. The molecule has 0 amide bonds. The van der Waals surface area contributed by atoms with Crippen LogP contribution in [0.15, 0.2) is 35.5 Å². The summed E-state index contributed by atoms with van der Waals surface area (Å²) in [6.07, 6.45) is 16.5. The molecule has 0 fully saturated rings. The Morgan fingerprint density at radius 2 is 1.22 bits per heavy atom. The smallest absolute Gasteiger partial charge is 1.00 e. The molecule has 0 nitrogen and oxygen atoms in total. The monoisotopic (exact) mass is 376 g/mol. The summed E-state index contributed by atoms with van der Waals surface area (Å²) in [7, 11) is 0. The van der Waals surface area contributed by atoms with E-state index in [0.717, 1.165) is 12.8 Å². The van der Waals surface area contributed by atoms with Crippen molar-refractivity contribution >= 4 is 5.43 Å². The quantitative estimate of drug-likeness (QED) is 0.344. The van der Waals surface area contributed by atoms with Gasteiger partial charge in [0.2, 0.25) is 0 Å². The Balaban J connectivity index is -0.000000182. The summed E-state index contributed by atoms with van der Waals surface area (Å²) in [5.74, 6) is 0. The van der Waals surface area contributed by atoms with E-state index in [1.54, 1.807) is 23.3 Å². The third kappa shape index (κ3) is 19.0. The van der Waals surface area contributed by atoms with E-state index in [-0.39, 0.29) is 30.2 Å². The van der Waals surface area contributed by atoms with E-state index in [0.29, 0.717) is 0 Å². The number of allylic oxidation sites excluding steroid dienone is 8. The maximum atomic E-state index is 3.05. The fourth-order valence-corrected chi connectivity index (χ4v) is 0.998. The molecular formula is C14H20Cl2SiZr-2. The van der Waals surface area contributed by atoms with Crippen molar-refractivity contribution in [3.05, 3.63) is 47.6 Å². The predicted octanol–water partition coefficient (Wildman–Crippen LogP) is -1.82. The zero-order chi connectivity index (χ0) is 12.4. The molecule has 0 bridgehead atoms. The van der Waals surface area contributed by atoms with Crippen molar-refractivity contribution < 1.29 is 48.1 Å². The molecule has 0 aliphatic heterocycles. The third-order valence-electron chi connectivity index (χ3n) is 1.74. The molecule has 0 aromatic heterocycles. The molecule has 0 spiro atoms. The Bertz CT molecular complexity index is 304. The van der Waals surface area contributed by atoms with Gasteiger partial charge in [-0.15, -0.1) is 26.7 Å². The van der Waals surface area contributed by atoms with Gasteiger partial charge in [-0.25, -0.2) is 23.3 Å². The van der Waals surface area contributed by atoms with Gasteiger partial charge in [-0.2, -0.15) is 12.2 Å². The minimum atomic E-state index is 0. The molecule has 100 valence electrons. The molecular weight excluding hydrogens is 358 g/mol. The van der Waals surface area contributed by atoms with Gasteiger partial charge in [0, 0.05) is 0 Å². The van der Waals surface area contributed by atoms with Crippen molar-refractivity contribution in [2.45, 2.75) is 39.8 Å². The average molecular weight is 379 g/mol. The molecule has 4 heteroatoms. The Hall–Kier alpha value is 0.640. The van der Waals surface area contributed by atoms with Crippen LogP contribution >= 0.6 is 0 Å². The molecule has 0 radical (unpaired) electrons. The molecule has 0 saturated carbocycles. The summed E-state index contributed by atoms with van der Waals surface area (Å²) >= 11 is 1.74. The van der Waals surface area contributed by atoms with Gasteiger partial charge >= 0.3 is 41.9 Å². The van der Waals surface area contributed by atoms with Crippen LogP contribution in [-0.2, 0) is 23.3 Å². The van der Waals surface area contributed by atoms with E-state index < -0.39 is 0 Å². The molecule has 0 unspecified atom stereocenters. The normalized spacial score (nSPS) is 13.9. The average Bonchev–Trinajstić information content (AvgIpc) is 2.78. The van der Waals surface area contributed by atoms with E-state index in [4.69, 9.17) is 0 Å². The van der Waals surface area contributed by atoms with E-state index in [1.165, 1.54) is 11.1 Å². The van der Waals surface area contributed by atoms with E-state index >= 15 is 0 Å². The van der Waals surface area contributed by atoms with Gasteiger partial charge in [0.15, 0.2) is 0 Å². The van der Waals surface area contributed by atoms with Crippen LogP contribution in [0.2, 0.25) is 13.1 Å². The Morgan fingerprint density at radius 1 is 0.944 bits per heavy atom. The molecule has 2 rings (SSSR count). The Kier molecular flexibility index (Phi) is 20.7. The second-order valence-electron chi connectivity index (χ2n) is 4.00. The zero-order valence-electron chi connectivity index (χ0n) is 11.5. The van der Waals surface area contributed by atoms with Gasteiger partial charge in [-0.1, -0.05) is 0 Å². The summed E-state index contributed by atoms with van der Waals surface area (Å²) in [6.45, 7) is 8.78. The first-order valence-corrected chi connectivity index (χ1v) is 11.7. The van der Waals surface area contributed by atoms with Crippen LogP contribution < -0.4 is 24.8 Å². The molecule has 2 aliphatic rings. The molecule has 0 saturated heterocycles. The van der Waals surface area contributed by atoms with Crippen LogP contribution in [0.3, 0.4) is 0 Å². The predicted molar refractivity (Wildman–Crippen MR) is 69.9 cm³/mol. The largest absolute Gasteiger partial charge is 1.00 e. The summed E-state index contributed by atoms with van der Waals surface area (Å²) in [6, 6.07) is 0. The molecule has 0 heterocycles. The second kappa shape index (κ2) is 15.7. The van der Waals surface area contributed by atoms with Crippen LogP contribution in [0.1, 0.15) is 26.7 Å². The number of rotatable bonds is 0. The van der Waals surface area contributed by atoms with Crippen molar-refractivity contribution in [1.29, 1.82) is 0 Å². The number of hydrogen-bond acceptors (Lipinski definition) is 0. The molecule has 2 aliphatic carbocycles. The minimum absolute atomic E-state index is 0. The summed E-state index contributed by atoms with van der Waals surface area (Å²) in [5.41, 5.74) is 2.90. The second-order valence-corrected chi connectivity index (χ2v) is 13.4. The zero-order valence-corrected chi connectivity index (χ0v) is 16.4. The van der Waals surface area contributed by atoms with E-state index in [9.17, 15) is 0 Å². The molecule has 0 atom stereocenters. The van der Waals surface area contributed by atoms with Crippen molar-refractivity contribution in [1.82, 2.24) is 0 Å². The van der Waals surface area contributed by atoms with Gasteiger partial charge in [-0.05, 0) is 0 Å². The van der Waals surface area contributed by atoms with Gasteiger partial charge in [0.25, 0.3) is 0 Å². The van der Waals surface area contributed by atoms with Crippen LogP contribution in [0.4, 0.5) is 0 Å². The summed E-state index contributed by atoms with van der Waals surface area (Å²) in [4.78, 5) is 0. The third-order valence-corrected chi connectivity index (χ3v) is 1.74. The maximum absolute atomic E-state index is 3.05. The van der Waals surface area contributed by atoms with Crippen molar-refractivity contribution in [3.63, 3.8) is 0 Å². The fraction of sp³-hybridized carbons (Fsp3) is 0.429. The van der Waals surface area contributed by atoms with Crippen LogP contribution in [-0.4, -0.2) is 5.43 Å². The molecule has 0 aromatic carbocycles. The van der Waals surface area contributed by atoms with Crippen LogP contribution in [0, 0.1) is 12.2 Å². The molecule has 0 aromatic rings. The molecule has 18 heavy (non-hydrogen) atoms. The van der Waals surface area contributed by atoms with Crippen LogP contribution in [0.5, 0.6) is 0 Å². The van der Waals surface area contributed by atoms with Crippen LogP contribution in [0.25, 0.3) is 0 Å². The standard InChI is InChI=1S/2C6H7.C2H6Si.2ClH.Zr/c2*1-6-4-2-3-5-6;1-3-2;;;/h2*4-5H,2H2,1H3;1-2H3;2*1H;/q2*-1;;;;+2/p-2. The fourth-order valence-electron chi connectivity index (χ4n) is 0.998. The molecule has 0 N–H and O–H groups in total. The number of hydrogen-bond donors (Lipinski definition) is 0. The van der Waals surface area contributed by atoms with Gasteiger partial charge < -0.3 is 24.8 Å². The van der Waals surface area contributed by atoms with Gasteiger partial charge in [0.05, 0.1) is 0 Å². The first-order chi connectivity index (χ1) is 7.52. The van der Waals surface area contributed by atoms with Crippen molar-refractivity contribution in [2.24, 2.45) is 0 Å². The summed E-state index contributed by atoms with van der Waals surface area (Å²) in [5, 5.41) is 0. The Labute approximate surface area is 140 Å². The first kappa shape index (κ1) is 23.7. The number of halogens is 2.